The van der Waals surface area contributed by atoms with E-state index in [1.54, 1.807) is 0 Å². The minimum absolute atomic E-state index is 0.800. The molecule has 0 amide bonds. The maximum absolute atomic E-state index is 5.80. The summed E-state index contributed by atoms with van der Waals surface area (Å²) >= 11 is 0. The van der Waals surface area contributed by atoms with Gasteiger partial charge in [0.2, 0.25) is 0 Å². The van der Waals surface area contributed by atoms with Gasteiger partial charge in [-0.15, -0.1) is 0 Å². The molecule has 0 saturated carbocycles. The number of nitrogen functional groups attached to an aromatic ring is 4. The van der Waals surface area contributed by atoms with Gasteiger partial charge in [0.15, 0.2) is 0 Å². The number of benzene rings is 4. The van der Waals surface area contributed by atoms with Gasteiger partial charge in [0, 0.05) is 22.7 Å². The summed E-state index contributed by atoms with van der Waals surface area (Å²) < 4.78 is 0. The average molecular weight is 425 g/mol. The normalized spacial score (nSPS) is 10.4. The molecule has 0 heterocycles. The highest BCUT2D eigenvalue weighted by Crippen LogP contribution is 2.29. The van der Waals surface area contributed by atoms with E-state index in [1.807, 2.05) is 62.4 Å². The van der Waals surface area contributed by atoms with E-state index in [4.69, 9.17) is 22.9 Å². The summed E-state index contributed by atoms with van der Waals surface area (Å²) in [5.41, 5.74) is 35.7. The molecule has 4 aromatic carbocycles. The van der Waals surface area contributed by atoms with Crippen LogP contribution in [0.25, 0.3) is 22.3 Å². The van der Waals surface area contributed by atoms with E-state index in [0.717, 1.165) is 33.9 Å². The molecule has 4 heteroatoms. The maximum Gasteiger partial charge on any atom is 0.0344 e. The molecule has 4 nitrogen and oxygen atoms in total. The summed E-state index contributed by atoms with van der Waals surface area (Å²) in [7, 11) is 0. The molecular formula is C28H32N4. The number of rotatable bonds is 2. The first-order valence-electron chi connectivity index (χ1n) is 10.6. The smallest absolute Gasteiger partial charge is 0.0344 e. The molecule has 0 fully saturated rings. The SMILES string of the molecule is Cc1cc(-c2ccc(N)c(C)c2)ccc1N.Cc1cc(N)ccc1-c1ccc(N)cc1C. The molecule has 0 radical (unpaired) electrons. The van der Waals surface area contributed by atoms with Crippen molar-refractivity contribution in [3.05, 3.63) is 95.1 Å². The van der Waals surface area contributed by atoms with Crippen molar-refractivity contribution in [3.63, 3.8) is 0 Å². The van der Waals surface area contributed by atoms with Gasteiger partial charge < -0.3 is 22.9 Å². The number of nitrogens with two attached hydrogens (primary N) is 4. The van der Waals surface area contributed by atoms with Gasteiger partial charge in [0.05, 0.1) is 0 Å². The molecule has 0 atom stereocenters. The average Bonchev–Trinajstić information content (AvgIpc) is 2.73. The zero-order chi connectivity index (χ0) is 23.4. The highest BCUT2D eigenvalue weighted by molar-refractivity contribution is 5.74. The van der Waals surface area contributed by atoms with Crippen molar-refractivity contribution in [3.8, 4) is 22.3 Å². The van der Waals surface area contributed by atoms with Crippen LogP contribution in [0.4, 0.5) is 22.7 Å². The molecule has 0 spiro atoms. The van der Waals surface area contributed by atoms with Crippen molar-refractivity contribution in [2.45, 2.75) is 27.7 Å². The zero-order valence-electron chi connectivity index (χ0n) is 19.2. The Bertz CT molecular complexity index is 1160. The first-order valence-corrected chi connectivity index (χ1v) is 10.6. The van der Waals surface area contributed by atoms with Gasteiger partial charge in [0.25, 0.3) is 0 Å². The summed E-state index contributed by atoms with van der Waals surface area (Å²) in [6.07, 6.45) is 0. The van der Waals surface area contributed by atoms with E-state index in [2.05, 4.69) is 38.1 Å². The summed E-state index contributed by atoms with van der Waals surface area (Å²) in [4.78, 5) is 0. The molecule has 4 rings (SSSR count). The van der Waals surface area contributed by atoms with E-state index in [-0.39, 0.29) is 0 Å². The molecule has 0 unspecified atom stereocenters. The van der Waals surface area contributed by atoms with E-state index < -0.39 is 0 Å². The summed E-state index contributed by atoms with van der Waals surface area (Å²) in [5, 5.41) is 0. The lowest BCUT2D eigenvalue weighted by Crippen LogP contribution is -1.92. The van der Waals surface area contributed by atoms with Crippen molar-refractivity contribution in [1.29, 1.82) is 0 Å². The molecule has 0 aromatic heterocycles. The van der Waals surface area contributed by atoms with Crippen LogP contribution in [0.5, 0.6) is 0 Å². The van der Waals surface area contributed by atoms with E-state index in [1.165, 1.54) is 33.4 Å². The molecule has 0 aliphatic heterocycles. The van der Waals surface area contributed by atoms with Gasteiger partial charge in [-0.05, 0) is 121 Å². The predicted octanol–water partition coefficient (Wildman–Crippen LogP) is 6.27. The van der Waals surface area contributed by atoms with Gasteiger partial charge in [0.1, 0.15) is 0 Å². The van der Waals surface area contributed by atoms with Crippen LogP contribution in [0.1, 0.15) is 22.3 Å². The monoisotopic (exact) mass is 424 g/mol. The largest absolute Gasteiger partial charge is 0.399 e. The van der Waals surface area contributed by atoms with Crippen LogP contribution in [-0.4, -0.2) is 0 Å². The highest BCUT2D eigenvalue weighted by Gasteiger charge is 2.05. The van der Waals surface area contributed by atoms with Crippen molar-refractivity contribution in [2.75, 3.05) is 22.9 Å². The van der Waals surface area contributed by atoms with Crippen LogP contribution in [0.2, 0.25) is 0 Å². The second-order valence-corrected chi connectivity index (χ2v) is 8.29. The Morgan fingerprint density at radius 3 is 1.09 bits per heavy atom. The molecular weight excluding hydrogens is 392 g/mol. The minimum Gasteiger partial charge on any atom is -0.399 e. The van der Waals surface area contributed by atoms with Crippen LogP contribution in [0, 0.1) is 27.7 Å². The molecule has 164 valence electrons. The molecule has 0 aliphatic carbocycles. The molecule has 4 aromatic rings. The lowest BCUT2D eigenvalue weighted by Gasteiger charge is -2.10. The summed E-state index contributed by atoms with van der Waals surface area (Å²) in [6.45, 7) is 8.18. The number of hydrogen-bond donors (Lipinski definition) is 4. The number of aryl methyl sites for hydroxylation is 4. The second kappa shape index (κ2) is 9.48. The van der Waals surface area contributed by atoms with Crippen molar-refractivity contribution in [1.82, 2.24) is 0 Å². The maximum atomic E-state index is 5.80. The predicted molar refractivity (Wildman–Crippen MR) is 140 cm³/mol. The third kappa shape index (κ3) is 5.22. The Hall–Kier alpha value is -3.92. The van der Waals surface area contributed by atoms with Crippen LogP contribution < -0.4 is 22.9 Å². The van der Waals surface area contributed by atoms with E-state index in [0.29, 0.717) is 0 Å². The minimum atomic E-state index is 0.800. The fourth-order valence-corrected chi connectivity index (χ4v) is 3.69. The van der Waals surface area contributed by atoms with E-state index in [9.17, 15) is 0 Å². The fraction of sp³-hybridized carbons (Fsp3) is 0.143. The van der Waals surface area contributed by atoms with Gasteiger partial charge in [-0.2, -0.15) is 0 Å². The summed E-state index contributed by atoms with van der Waals surface area (Å²) in [5.74, 6) is 0. The van der Waals surface area contributed by atoms with Gasteiger partial charge in [-0.3, -0.25) is 0 Å². The summed E-state index contributed by atoms with van der Waals surface area (Å²) in [6, 6.07) is 24.1. The van der Waals surface area contributed by atoms with Crippen molar-refractivity contribution >= 4 is 22.7 Å². The Morgan fingerprint density at radius 1 is 0.406 bits per heavy atom. The second-order valence-electron chi connectivity index (χ2n) is 8.29. The molecule has 32 heavy (non-hydrogen) atoms. The first kappa shape index (κ1) is 22.8. The van der Waals surface area contributed by atoms with Gasteiger partial charge in [-0.1, -0.05) is 24.3 Å². The molecule has 0 bridgehead atoms. The quantitative estimate of drug-likeness (QED) is 0.285. The van der Waals surface area contributed by atoms with Crippen LogP contribution in [-0.2, 0) is 0 Å². The number of hydrogen-bond acceptors (Lipinski definition) is 4. The first-order chi connectivity index (χ1) is 15.2. The standard InChI is InChI=1S/2C14H16N2/c1-9-7-11(15)3-5-13(9)14-6-4-12(16)8-10(14)2;1-9-7-11(3-5-13(9)15)12-4-6-14(16)10(2)8-12/h2*3-8H,15-16H2,1-2H3. The lowest BCUT2D eigenvalue weighted by atomic mass is 9.96. The van der Waals surface area contributed by atoms with Crippen molar-refractivity contribution < 1.29 is 0 Å². The van der Waals surface area contributed by atoms with Gasteiger partial charge in [-0.25, -0.2) is 0 Å². The van der Waals surface area contributed by atoms with Crippen LogP contribution in [0.15, 0.2) is 72.8 Å². The van der Waals surface area contributed by atoms with Crippen LogP contribution >= 0.6 is 0 Å². The highest BCUT2D eigenvalue weighted by atomic mass is 14.6. The molecule has 0 aliphatic rings. The van der Waals surface area contributed by atoms with Crippen molar-refractivity contribution in [2.24, 2.45) is 0 Å². The van der Waals surface area contributed by atoms with E-state index >= 15 is 0 Å². The third-order valence-electron chi connectivity index (χ3n) is 5.66. The Balaban J connectivity index is 0.000000181. The topological polar surface area (TPSA) is 104 Å². The Morgan fingerprint density at radius 2 is 0.781 bits per heavy atom. The fourth-order valence-electron chi connectivity index (χ4n) is 3.69. The van der Waals surface area contributed by atoms with Crippen LogP contribution in [0.3, 0.4) is 0 Å². The number of anilines is 4. The lowest BCUT2D eigenvalue weighted by molar-refractivity contribution is 1.41. The Labute approximate surface area is 190 Å². The Kier molecular flexibility index (Phi) is 6.74. The zero-order valence-corrected chi connectivity index (χ0v) is 19.2. The molecule has 0 saturated heterocycles. The molecule has 8 N–H and O–H groups in total. The third-order valence-corrected chi connectivity index (χ3v) is 5.66. The van der Waals surface area contributed by atoms with Gasteiger partial charge >= 0.3 is 0 Å².